The minimum absolute atomic E-state index is 0.126. The van der Waals surface area contributed by atoms with Crippen molar-refractivity contribution in [3.05, 3.63) is 35.5 Å². The second-order valence-electron chi connectivity index (χ2n) is 6.63. The van der Waals surface area contributed by atoms with E-state index < -0.39 is 0 Å². The van der Waals surface area contributed by atoms with E-state index in [1.807, 2.05) is 29.9 Å². The summed E-state index contributed by atoms with van der Waals surface area (Å²) in [6, 6.07) is 4.03. The highest BCUT2D eigenvalue weighted by atomic mass is 16.5. The lowest BCUT2D eigenvalue weighted by molar-refractivity contribution is 0.305. The Morgan fingerprint density at radius 3 is 3.00 bits per heavy atom. The molecular formula is C19H29N7O. The number of pyridine rings is 1. The van der Waals surface area contributed by atoms with Gasteiger partial charge in [0.05, 0.1) is 19.2 Å². The van der Waals surface area contributed by atoms with Crippen LogP contribution >= 0.6 is 0 Å². The number of aromatic nitrogens is 4. The number of hydrogen-bond donors (Lipinski definition) is 2. The molecule has 8 nitrogen and oxygen atoms in total. The van der Waals surface area contributed by atoms with Gasteiger partial charge in [0, 0.05) is 25.4 Å². The molecule has 0 saturated heterocycles. The van der Waals surface area contributed by atoms with Gasteiger partial charge in [-0.05, 0) is 38.7 Å². The third kappa shape index (κ3) is 5.18. The van der Waals surface area contributed by atoms with E-state index in [-0.39, 0.29) is 6.04 Å². The summed E-state index contributed by atoms with van der Waals surface area (Å²) in [7, 11) is 0. The van der Waals surface area contributed by atoms with Gasteiger partial charge < -0.3 is 15.4 Å². The third-order valence-electron chi connectivity index (χ3n) is 4.31. The molecular weight excluding hydrogens is 342 g/mol. The molecule has 2 aromatic rings. The number of rotatable bonds is 7. The number of nitrogens with zero attached hydrogens (tertiary/aromatic N) is 5. The summed E-state index contributed by atoms with van der Waals surface area (Å²) in [5, 5.41) is 11.3. The molecule has 1 aliphatic heterocycles. The van der Waals surface area contributed by atoms with Crippen LogP contribution in [0.2, 0.25) is 0 Å². The van der Waals surface area contributed by atoms with Gasteiger partial charge in [0.15, 0.2) is 5.96 Å². The summed E-state index contributed by atoms with van der Waals surface area (Å²) in [5.74, 6) is 3.25. The van der Waals surface area contributed by atoms with Crippen LogP contribution < -0.4 is 15.4 Å². The third-order valence-corrected chi connectivity index (χ3v) is 4.31. The monoisotopic (exact) mass is 371 g/mol. The predicted octanol–water partition coefficient (Wildman–Crippen LogP) is 2.36. The summed E-state index contributed by atoms with van der Waals surface area (Å²) < 4.78 is 7.52. The van der Waals surface area contributed by atoms with Gasteiger partial charge in [-0.3, -0.25) is 0 Å². The minimum atomic E-state index is 0.126. The predicted molar refractivity (Wildman–Crippen MR) is 105 cm³/mol. The Kier molecular flexibility index (Phi) is 6.62. The average molecular weight is 371 g/mol. The highest BCUT2D eigenvalue weighted by Gasteiger charge is 2.24. The summed E-state index contributed by atoms with van der Waals surface area (Å²) in [6.07, 6.45) is 4.89. The zero-order chi connectivity index (χ0) is 19.1. The first-order chi connectivity index (χ1) is 13.2. The highest BCUT2D eigenvalue weighted by molar-refractivity contribution is 5.80. The van der Waals surface area contributed by atoms with E-state index in [9.17, 15) is 0 Å². The summed E-state index contributed by atoms with van der Waals surface area (Å²) in [5.41, 5.74) is 1.04. The molecule has 0 radical (unpaired) electrons. The molecule has 0 spiro atoms. The second-order valence-corrected chi connectivity index (χ2v) is 6.63. The fourth-order valence-corrected chi connectivity index (χ4v) is 3.06. The molecule has 1 atom stereocenters. The number of hydrogen-bond acceptors (Lipinski definition) is 5. The van der Waals surface area contributed by atoms with E-state index >= 15 is 0 Å². The van der Waals surface area contributed by atoms with Crippen LogP contribution in [0.1, 0.15) is 56.4 Å². The summed E-state index contributed by atoms with van der Waals surface area (Å²) in [6.45, 7) is 9.04. The molecule has 146 valence electrons. The van der Waals surface area contributed by atoms with Gasteiger partial charge in [0.2, 0.25) is 5.88 Å². The fourth-order valence-electron chi connectivity index (χ4n) is 3.06. The van der Waals surface area contributed by atoms with Crippen LogP contribution in [-0.2, 0) is 13.1 Å². The average Bonchev–Trinajstić information content (AvgIpc) is 3.07. The van der Waals surface area contributed by atoms with Crippen LogP contribution in [0.25, 0.3) is 0 Å². The molecule has 3 heterocycles. The molecule has 1 aliphatic rings. The molecule has 0 amide bonds. The van der Waals surface area contributed by atoms with Crippen molar-refractivity contribution in [1.82, 2.24) is 30.4 Å². The Bertz CT molecular complexity index is 754. The summed E-state index contributed by atoms with van der Waals surface area (Å²) in [4.78, 5) is 13.6. The Balaban J connectivity index is 1.65. The van der Waals surface area contributed by atoms with Gasteiger partial charge in [-0.1, -0.05) is 13.0 Å². The van der Waals surface area contributed by atoms with E-state index in [0.717, 1.165) is 55.5 Å². The maximum atomic E-state index is 5.52. The molecule has 0 saturated carbocycles. The largest absolute Gasteiger partial charge is 0.478 e. The van der Waals surface area contributed by atoms with Crippen molar-refractivity contribution in [1.29, 1.82) is 0 Å². The Hall–Kier alpha value is -2.64. The van der Waals surface area contributed by atoms with Crippen LogP contribution in [0.4, 0.5) is 0 Å². The van der Waals surface area contributed by atoms with E-state index in [4.69, 9.17) is 9.73 Å². The lowest BCUT2D eigenvalue weighted by Gasteiger charge is -2.25. The van der Waals surface area contributed by atoms with Crippen LogP contribution in [-0.4, -0.2) is 38.9 Å². The second kappa shape index (κ2) is 9.34. The van der Waals surface area contributed by atoms with Crippen molar-refractivity contribution in [2.24, 2.45) is 4.99 Å². The fraction of sp³-hybridized carbons (Fsp3) is 0.579. The van der Waals surface area contributed by atoms with E-state index in [0.29, 0.717) is 19.0 Å². The van der Waals surface area contributed by atoms with E-state index in [1.165, 1.54) is 0 Å². The minimum Gasteiger partial charge on any atom is -0.478 e. The molecule has 0 aromatic carbocycles. The topological polar surface area (TPSA) is 89.2 Å². The van der Waals surface area contributed by atoms with Crippen molar-refractivity contribution in [3.8, 4) is 5.88 Å². The first-order valence-electron chi connectivity index (χ1n) is 9.73. The van der Waals surface area contributed by atoms with Gasteiger partial charge in [0.25, 0.3) is 0 Å². The highest BCUT2D eigenvalue weighted by Crippen LogP contribution is 2.22. The molecule has 0 aliphatic carbocycles. The molecule has 0 bridgehead atoms. The van der Waals surface area contributed by atoms with Gasteiger partial charge in [-0.15, -0.1) is 0 Å². The Morgan fingerprint density at radius 2 is 2.26 bits per heavy atom. The van der Waals surface area contributed by atoms with Crippen LogP contribution in [0.15, 0.2) is 23.3 Å². The van der Waals surface area contributed by atoms with Crippen molar-refractivity contribution in [2.75, 3.05) is 13.2 Å². The molecule has 2 aromatic heterocycles. The number of fused-ring (bicyclic) bond motifs is 1. The lowest BCUT2D eigenvalue weighted by atomic mass is 10.1. The van der Waals surface area contributed by atoms with Crippen molar-refractivity contribution >= 4 is 5.96 Å². The standard InChI is InChI=1S/C19H29N7O/c1-4-11-27-17-9-8-15(12-21-17)13-22-19(20-5-2)24-16-7-6-10-26-18(16)23-14(3)25-26/h8-9,12,16H,4-7,10-11,13H2,1-3H3,(H2,20,22,24). The van der Waals surface area contributed by atoms with Crippen LogP contribution in [0, 0.1) is 6.92 Å². The zero-order valence-electron chi connectivity index (χ0n) is 16.4. The number of guanidine groups is 1. The first kappa shape index (κ1) is 19.1. The molecule has 8 heteroatoms. The SMILES string of the molecule is CCCOc1ccc(CN=C(NCC)NC2CCCn3nc(C)nc32)cn1. The molecule has 27 heavy (non-hydrogen) atoms. The number of ether oxygens (including phenoxy) is 1. The van der Waals surface area contributed by atoms with Crippen molar-refractivity contribution < 1.29 is 4.74 Å². The van der Waals surface area contributed by atoms with Crippen LogP contribution in [0.5, 0.6) is 5.88 Å². The van der Waals surface area contributed by atoms with Gasteiger partial charge in [0.1, 0.15) is 11.6 Å². The van der Waals surface area contributed by atoms with Gasteiger partial charge >= 0.3 is 0 Å². The number of aryl methyl sites for hydroxylation is 2. The zero-order valence-corrected chi connectivity index (χ0v) is 16.4. The molecule has 3 rings (SSSR count). The molecule has 0 fully saturated rings. The maximum Gasteiger partial charge on any atom is 0.213 e. The summed E-state index contributed by atoms with van der Waals surface area (Å²) >= 11 is 0. The first-order valence-corrected chi connectivity index (χ1v) is 9.73. The normalized spacial score (nSPS) is 16.7. The molecule has 2 N–H and O–H groups in total. The van der Waals surface area contributed by atoms with Gasteiger partial charge in [-0.25, -0.2) is 19.6 Å². The Morgan fingerprint density at radius 1 is 1.37 bits per heavy atom. The Labute approximate surface area is 160 Å². The van der Waals surface area contributed by atoms with Crippen molar-refractivity contribution in [2.45, 2.75) is 59.2 Å². The van der Waals surface area contributed by atoms with Crippen molar-refractivity contribution in [3.63, 3.8) is 0 Å². The van der Waals surface area contributed by atoms with Gasteiger partial charge in [-0.2, -0.15) is 5.10 Å². The smallest absolute Gasteiger partial charge is 0.213 e. The van der Waals surface area contributed by atoms with E-state index in [2.05, 4.69) is 39.5 Å². The number of nitrogens with one attached hydrogen (secondary N) is 2. The number of aliphatic imine (C=N–C) groups is 1. The lowest BCUT2D eigenvalue weighted by Crippen LogP contribution is -2.41. The maximum absolute atomic E-state index is 5.52. The van der Waals surface area contributed by atoms with E-state index in [1.54, 1.807) is 0 Å². The molecule has 1 unspecified atom stereocenters. The quantitative estimate of drug-likeness (QED) is 0.574. The van der Waals surface area contributed by atoms with Crippen LogP contribution in [0.3, 0.4) is 0 Å².